The fourth-order valence-corrected chi connectivity index (χ4v) is 2.37. The Hall–Kier alpha value is -2.22. The fraction of sp³-hybridized carbons (Fsp3) is 0.100. The summed E-state index contributed by atoms with van der Waals surface area (Å²) in [6.07, 6.45) is 1.33. The summed E-state index contributed by atoms with van der Waals surface area (Å²) in [5, 5.41) is 6.09. The van der Waals surface area contributed by atoms with Crippen LogP contribution in [0.5, 0.6) is 5.75 Å². The number of sulfonamides is 1. The third-order valence-electron chi connectivity index (χ3n) is 2.27. The van der Waals surface area contributed by atoms with Crippen LogP contribution in [0.15, 0.2) is 35.4 Å². The summed E-state index contributed by atoms with van der Waals surface area (Å²) in [6, 6.07) is 6.00. The van der Waals surface area contributed by atoms with Gasteiger partial charge in [0.2, 0.25) is 0 Å². The maximum atomic E-state index is 12.0. The molecular weight excluding hydrogens is 256 g/mol. The summed E-state index contributed by atoms with van der Waals surface area (Å²) < 4.78 is 31.3. The van der Waals surface area contributed by atoms with Gasteiger partial charge in [-0.1, -0.05) is 0 Å². The van der Waals surface area contributed by atoms with E-state index in [1.165, 1.54) is 25.4 Å². The molecule has 0 spiro atoms. The first-order valence-electron chi connectivity index (χ1n) is 4.98. The molecule has 1 aromatic carbocycles. The van der Waals surface area contributed by atoms with Crippen molar-refractivity contribution in [2.45, 2.75) is 4.90 Å². The van der Waals surface area contributed by atoms with Crippen molar-refractivity contribution in [1.82, 2.24) is 10.2 Å². The van der Waals surface area contributed by atoms with Crippen LogP contribution >= 0.6 is 0 Å². The molecule has 0 bridgehead atoms. The number of ether oxygens (including phenoxy) is 1. The van der Waals surface area contributed by atoms with Gasteiger partial charge in [0.25, 0.3) is 10.0 Å². The Bertz CT molecular complexity index is 633. The van der Waals surface area contributed by atoms with Crippen molar-refractivity contribution in [3.05, 3.63) is 30.5 Å². The Labute approximate surface area is 104 Å². The molecule has 1 aromatic heterocycles. The molecule has 0 unspecified atom stereocenters. The van der Waals surface area contributed by atoms with Gasteiger partial charge in [-0.2, -0.15) is 5.10 Å². The number of aromatic amines is 1. The van der Waals surface area contributed by atoms with Gasteiger partial charge in [0.1, 0.15) is 5.75 Å². The Kier molecular flexibility index (Phi) is 3.11. The summed E-state index contributed by atoms with van der Waals surface area (Å²) in [4.78, 5) is 0.109. The molecule has 2 aromatic rings. The van der Waals surface area contributed by atoms with Crippen molar-refractivity contribution in [2.75, 3.05) is 17.6 Å². The van der Waals surface area contributed by atoms with Gasteiger partial charge in [0, 0.05) is 0 Å². The number of anilines is 2. The molecule has 0 saturated carbocycles. The monoisotopic (exact) mass is 268 g/mol. The fourth-order valence-electron chi connectivity index (χ4n) is 1.33. The number of hydrogen-bond acceptors (Lipinski definition) is 5. The van der Waals surface area contributed by atoms with Crippen LogP contribution in [0.4, 0.5) is 11.5 Å². The number of nitrogens with two attached hydrogens (primary N) is 1. The second-order valence-corrected chi connectivity index (χ2v) is 5.16. The molecule has 0 fully saturated rings. The number of rotatable bonds is 4. The zero-order valence-corrected chi connectivity index (χ0v) is 10.4. The summed E-state index contributed by atoms with van der Waals surface area (Å²) in [5.74, 6) is 0.723. The van der Waals surface area contributed by atoms with E-state index in [-0.39, 0.29) is 16.4 Å². The predicted octanol–water partition coefficient (Wildman–Crippen LogP) is 0.801. The highest BCUT2D eigenvalue weighted by molar-refractivity contribution is 7.92. The van der Waals surface area contributed by atoms with E-state index < -0.39 is 10.0 Å². The molecule has 0 amide bonds. The molecule has 0 aliphatic carbocycles. The smallest absolute Gasteiger partial charge is 0.263 e. The molecule has 0 aliphatic heterocycles. The molecule has 18 heavy (non-hydrogen) atoms. The third kappa shape index (κ3) is 2.38. The standard InChI is InChI=1S/C10H12N4O3S/c1-17-7-2-4-8(5-3-7)18(15,16)14-10-9(11)6-12-13-10/h2-6H,11H2,1H3,(H2,12,13,14). The number of nitrogen functional groups attached to an aromatic ring is 1. The second kappa shape index (κ2) is 4.57. The van der Waals surface area contributed by atoms with Crippen LogP contribution in [0.3, 0.4) is 0 Å². The molecule has 7 nitrogen and oxygen atoms in total. The highest BCUT2D eigenvalue weighted by Gasteiger charge is 2.16. The van der Waals surface area contributed by atoms with Crippen LogP contribution in [-0.4, -0.2) is 25.7 Å². The lowest BCUT2D eigenvalue weighted by Gasteiger charge is -2.07. The van der Waals surface area contributed by atoms with E-state index in [0.717, 1.165) is 0 Å². The van der Waals surface area contributed by atoms with Gasteiger partial charge in [-0.25, -0.2) is 8.42 Å². The van der Waals surface area contributed by atoms with E-state index in [4.69, 9.17) is 10.5 Å². The van der Waals surface area contributed by atoms with Crippen LogP contribution in [0.1, 0.15) is 0 Å². The summed E-state index contributed by atoms with van der Waals surface area (Å²) in [5.41, 5.74) is 5.76. The minimum absolute atomic E-state index is 0.109. The number of hydrogen-bond donors (Lipinski definition) is 3. The van der Waals surface area contributed by atoms with Crippen LogP contribution in [-0.2, 0) is 10.0 Å². The molecule has 0 saturated heterocycles. The number of nitrogens with zero attached hydrogens (tertiary/aromatic N) is 1. The van der Waals surface area contributed by atoms with Crippen LogP contribution < -0.4 is 15.2 Å². The predicted molar refractivity (Wildman–Crippen MR) is 66.8 cm³/mol. The molecule has 2 rings (SSSR count). The van der Waals surface area contributed by atoms with Crippen molar-refractivity contribution >= 4 is 21.5 Å². The molecule has 96 valence electrons. The highest BCUT2D eigenvalue weighted by atomic mass is 32.2. The van der Waals surface area contributed by atoms with Crippen molar-refractivity contribution in [3.8, 4) is 5.75 Å². The number of benzene rings is 1. The quantitative estimate of drug-likeness (QED) is 0.759. The van der Waals surface area contributed by atoms with E-state index in [1.54, 1.807) is 12.1 Å². The van der Waals surface area contributed by atoms with Crippen molar-refractivity contribution < 1.29 is 13.2 Å². The molecular formula is C10H12N4O3S. The average Bonchev–Trinajstić information content (AvgIpc) is 2.74. The van der Waals surface area contributed by atoms with Crippen molar-refractivity contribution in [3.63, 3.8) is 0 Å². The van der Waals surface area contributed by atoms with Crippen molar-refractivity contribution in [1.29, 1.82) is 0 Å². The van der Waals surface area contributed by atoms with Gasteiger partial charge in [0.05, 0.1) is 23.9 Å². The minimum Gasteiger partial charge on any atom is -0.497 e. The van der Waals surface area contributed by atoms with Gasteiger partial charge < -0.3 is 10.5 Å². The van der Waals surface area contributed by atoms with E-state index >= 15 is 0 Å². The summed E-state index contributed by atoms with van der Waals surface area (Å²) in [6.45, 7) is 0. The normalized spacial score (nSPS) is 11.2. The first kappa shape index (κ1) is 12.2. The molecule has 0 aliphatic rings. The van der Waals surface area contributed by atoms with Gasteiger partial charge >= 0.3 is 0 Å². The molecule has 8 heteroatoms. The SMILES string of the molecule is COc1ccc(S(=O)(=O)Nc2[nH]ncc2N)cc1. The first-order chi connectivity index (χ1) is 8.53. The molecule has 4 N–H and O–H groups in total. The number of nitrogens with one attached hydrogen (secondary N) is 2. The lowest BCUT2D eigenvalue weighted by atomic mass is 10.3. The second-order valence-electron chi connectivity index (χ2n) is 3.48. The first-order valence-corrected chi connectivity index (χ1v) is 6.47. The lowest BCUT2D eigenvalue weighted by Crippen LogP contribution is -2.14. The Morgan fingerprint density at radius 1 is 1.33 bits per heavy atom. The highest BCUT2D eigenvalue weighted by Crippen LogP contribution is 2.20. The van der Waals surface area contributed by atoms with E-state index in [9.17, 15) is 8.42 Å². The van der Waals surface area contributed by atoms with Gasteiger partial charge in [-0.3, -0.25) is 9.82 Å². The third-order valence-corrected chi connectivity index (χ3v) is 3.64. The zero-order chi connectivity index (χ0) is 13.2. The Morgan fingerprint density at radius 2 is 2.00 bits per heavy atom. The summed E-state index contributed by atoms with van der Waals surface area (Å²) in [7, 11) is -2.18. The van der Waals surface area contributed by atoms with Gasteiger partial charge in [-0.15, -0.1) is 0 Å². The van der Waals surface area contributed by atoms with Crippen LogP contribution in [0.25, 0.3) is 0 Å². The topological polar surface area (TPSA) is 110 Å². The Morgan fingerprint density at radius 3 is 2.50 bits per heavy atom. The number of H-pyrrole nitrogens is 1. The maximum Gasteiger partial charge on any atom is 0.263 e. The molecule has 0 radical (unpaired) electrons. The van der Waals surface area contributed by atoms with Crippen molar-refractivity contribution in [2.24, 2.45) is 0 Å². The largest absolute Gasteiger partial charge is 0.497 e. The van der Waals surface area contributed by atoms with E-state index in [2.05, 4.69) is 14.9 Å². The zero-order valence-electron chi connectivity index (χ0n) is 9.54. The molecule has 0 atom stereocenters. The maximum absolute atomic E-state index is 12.0. The van der Waals surface area contributed by atoms with Gasteiger partial charge in [-0.05, 0) is 24.3 Å². The van der Waals surface area contributed by atoms with E-state index in [1.807, 2.05) is 0 Å². The number of methoxy groups -OCH3 is 1. The van der Waals surface area contributed by atoms with Crippen LogP contribution in [0, 0.1) is 0 Å². The number of aromatic nitrogens is 2. The Balaban J connectivity index is 2.28. The van der Waals surface area contributed by atoms with Crippen LogP contribution in [0.2, 0.25) is 0 Å². The summed E-state index contributed by atoms with van der Waals surface area (Å²) >= 11 is 0. The van der Waals surface area contributed by atoms with Gasteiger partial charge in [0.15, 0.2) is 5.82 Å². The minimum atomic E-state index is -3.69. The average molecular weight is 268 g/mol. The molecule has 1 heterocycles. The van der Waals surface area contributed by atoms with E-state index in [0.29, 0.717) is 5.75 Å². The lowest BCUT2D eigenvalue weighted by molar-refractivity contribution is 0.414.